The summed E-state index contributed by atoms with van der Waals surface area (Å²) in [5, 5.41) is -1.05. The normalized spacial score (nSPS) is 22.8. The van der Waals surface area contributed by atoms with Crippen LogP contribution in [0.5, 0.6) is 0 Å². The molecule has 0 spiro atoms. The SMILES string of the molecule is O=S1(=O)CCC(S(=O)(=O)Nc2nccnc2Cl)C1. The molecule has 7 nitrogen and oxygen atoms in total. The first kappa shape index (κ1) is 13.5. The van der Waals surface area contributed by atoms with Crippen LogP contribution in [-0.2, 0) is 19.9 Å². The van der Waals surface area contributed by atoms with Crippen LogP contribution in [-0.4, -0.2) is 43.6 Å². The molecule has 0 aromatic carbocycles. The number of sulfonamides is 1. The summed E-state index contributed by atoms with van der Waals surface area (Å²) in [5.74, 6) is -0.587. The molecular formula is C8H10ClN3O4S2. The van der Waals surface area contributed by atoms with Crippen LogP contribution in [0.4, 0.5) is 5.82 Å². The van der Waals surface area contributed by atoms with E-state index in [0.717, 1.165) is 0 Å². The maximum absolute atomic E-state index is 11.9. The minimum Gasteiger partial charge on any atom is -0.264 e. The predicted molar refractivity (Wildman–Crippen MR) is 66.6 cm³/mol. The Morgan fingerprint density at radius 3 is 2.56 bits per heavy atom. The van der Waals surface area contributed by atoms with Crippen molar-refractivity contribution < 1.29 is 16.8 Å². The topological polar surface area (TPSA) is 106 Å². The Labute approximate surface area is 110 Å². The van der Waals surface area contributed by atoms with E-state index < -0.39 is 25.1 Å². The quantitative estimate of drug-likeness (QED) is 0.846. The highest BCUT2D eigenvalue weighted by molar-refractivity contribution is 7.97. The highest BCUT2D eigenvalue weighted by Gasteiger charge is 2.37. The van der Waals surface area contributed by atoms with E-state index in [-0.39, 0.29) is 28.9 Å². The lowest BCUT2D eigenvalue weighted by Gasteiger charge is -2.11. The molecule has 1 aromatic heterocycles. The van der Waals surface area contributed by atoms with E-state index in [0.29, 0.717) is 0 Å². The van der Waals surface area contributed by atoms with Crippen molar-refractivity contribution in [2.24, 2.45) is 0 Å². The molecule has 100 valence electrons. The molecule has 0 bridgehead atoms. The zero-order chi connectivity index (χ0) is 13.4. The number of nitrogens with zero attached hydrogens (tertiary/aromatic N) is 2. The summed E-state index contributed by atoms with van der Waals surface area (Å²) in [6, 6.07) is 0. The van der Waals surface area contributed by atoms with Gasteiger partial charge in [0.1, 0.15) is 0 Å². The zero-order valence-electron chi connectivity index (χ0n) is 9.08. The highest BCUT2D eigenvalue weighted by atomic mass is 35.5. The summed E-state index contributed by atoms with van der Waals surface area (Å²) >= 11 is 5.67. The number of hydrogen-bond donors (Lipinski definition) is 1. The third kappa shape index (κ3) is 2.90. The summed E-state index contributed by atoms with van der Waals surface area (Å²) < 4.78 is 48.6. The second kappa shape index (κ2) is 4.63. The first-order chi connectivity index (χ1) is 8.30. The Morgan fingerprint density at radius 2 is 2.00 bits per heavy atom. The zero-order valence-corrected chi connectivity index (χ0v) is 11.5. The molecule has 0 radical (unpaired) electrons. The van der Waals surface area contributed by atoms with E-state index in [9.17, 15) is 16.8 Å². The monoisotopic (exact) mass is 311 g/mol. The third-order valence-corrected chi connectivity index (χ3v) is 6.54. The molecular weight excluding hydrogens is 302 g/mol. The molecule has 1 atom stereocenters. The Bertz CT molecular complexity index is 659. The lowest BCUT2D eigenvalue weighted by molar-refractivity contribution is 0.587. The second-order valence-corrected chi connectivity index (χ2v) is 8.42. The van der Waals surface area contributed by atoms with Crippen LogP contribution in [0.3, 0.4) is 0 Å². The molecule has 2 rings (SSSR count). The largest absolute Gasteiger partial charge is 0.264 e. The minimum atomic E-state index is -3.82. The maximum atomic E-state index is 11.9. The molecule has 1 aliphatic heterocycles. The Hall–Kier alpha value is -0.930. The summed E-state index contributed by atoms with van der Waals surface area (Å²) in [6.07, 6.45) is 2.69. The molecule has 0 amide bonds. The lowest BCUT2D eigenvalue weighted by Crippen LogP contribution is -2.29. The van der Waals surface area contributed by atoms with Crippen LogP contribution in [0.25, 0.3) is 0 Å². The number of hydrogen-bond acceptors (Lipinski definition) is 6. The lowest BCUT2D eigenvalue weighted by atomic mass is 10.4. The van der Waals surface area contributed by atoms with Crippen LogP contribution >= 0.6 is 11.6 Å². The van der Waals surface area contributed by atoms with E-state index in [1.165, 1.54) is 12.4 Å². The number of halogens is 1. The van der Waals surface area contributed by atoms with Crippen LogP contribution in [0.2, 0.25) is 5.15 Å². The van der Waals surface area contributed by atoms with Crippen molar-refractivity contribution in [3.05, 3.63) is 17.5 Å². The van der Waals surface area contributed by atoms with Gasteiger partial charge in [-0.05, 0) is 6.42 Å². The van der Waals surface area contributed by atoms with Crippen molar-refractivity contribution >= 4 is 37.3 Å². The van der Waals surface area contributed by atoms with Crippen molar-refractivity contribution in [1.82, 2.24) is 9.97 Å². The number of nitrogens with one attached hydrogen (secondary N) is 1. The molecule has 1 unspecified atom stereocenters. The van der Waals surface area contributed by atoms with Crippen molar-refractivity contribution in [3.63, 3.8) is 0 Å². The Balaban J connectivity index is 2.21. The van der Waals surface area contributed by atoms with Crippen LogP contribution in [0.15, 0.2) is 12.4 Å². The summed E-state index contributed by atoms with van der Waals surface area (Å²) in [7, 11) is -7.09. The van der Waals surface area contributed by atoms with E-state index in [1.54, 1.807) is 0 Å². The fourth-order valence-electron chi connectivity index (χ4n) is 1.61. The van der Waals surface area contributed by atoms with Crippen LogP contribution < -0.4 is 4.72 Å². The maximum Gasteiger partial charge on any atom is 0.237 e. The number of anilines is 1. The summed E-state index contributed by atoms with van der Waals surface area (Å²) in [5.41, 5.74) is 0. The van der Waals surface area contributed by atoms with Gasteiger partial charge in [-0.2, -0.15) is 0 Å². The average molecular weight is 312 g/mol. The van der Waals surface area contributed by atoms with Gasteiger partial charge < -0.3 is 0 Å². The molecule has 0 saturated carbocycles. The van der Waals surface area contributed by atoms with E-state index in [1.807, 2.05) is 0 Å². The van der Waals surface area contributed by atoms with E-state index in [2.05, 4.69) is 14.7 Å². The van der Waals surface area contributed by atoms with Crippen LogP contribution in [0.1, 0.15) is 6.42 Å². The van der Waals surface area contributed by atoms with Gasteiger partial charge >= 0.3 is 0 Å². The van der Waals surface area contributed by atoms with Gasteiger partial charge in [0.15, 0.2) is 20.8 Å². The molecule has 18 heavy (non-hydrogen) atoms. The molecule has 2 heterocycles. The van der Waals surface area contributed by atoms with Gasteiger partial charge in [0, 0.05) is 12.4 Å². The summed E-state index contributed by atoms with van der Waals surface area (Å²) in [4.78, 5) is 7.41. The molecule has 1 aromatic rings. The standard InChI is InChI=1S/C8H10ClN3O4S2/c9-7-8(11-3-2-10-7)12-18(15,16)6-1-4-17(13,14)5-6/h2-3,6H,1,4-5H2,(H,11,12). The smallest absolute Gasteiger partial charge is 0.237 e. The van der Waals surface area contributed by atoms with Gasteiger partial charge in [0.2, 0.25) is 10.0 Å². The number of sulfone groups is 1. The van der Waals surface area contributed by atoms with Crippen molar-refractivity contribution in [1.29, 1.82) is 0 Å². The molecule has 1 aliphatic rings. The molecule has 0 aliphatic carbocycles. The van der Waals surface area contributed by atoms with Crippen molar-refractivity contribution in [2.75, 3.05) is 16.2 Å². The van der Waals surface area contributed by atoms with Gasteiger partial charge in [-0.25, -0.2) is 26.8 Å². The van der Waals surface area contributed by atoms with E-state index in [4.69, 9.17) is 11.6 Å². The van der Waals surface area contributed by atoms with Gasteiger partial charge in [-0.15, -0.1) is 0 Å². The number of aromatic nitrogens is 2. The van der Waals surface area contributed by atoms with Gasteiger partial charge in [0.25, 0.3) is 0 Å². The second-order valence-electron chi connectivity index (χ2n) is 3.87. The first-order valence-corrected chi connectivity index (χ1v) is 8.73. The van der Waals surface area contributed by atoms with Gasteiger partial charge in [-0.1, -0.05) is 11.6 Å². The highest BCUT2D eigenvalue weighted by Crippen LogP contribution is 2.23. The van der Waals surface area contributed by atoms with Gasteiger partial charge in [-0.3, -0.25) is 4.72 Å². The molecule has 1 saturated heterocycles. The molecule has 10 heteroatoms. The fraction of sp³-hybridized carbons (Fsp3) is 0.500. The third-order valence-electron chi connectivity index (χ3n) is 2.52. The minimum absolute atomic E-state index is 0.0789. The Morgan fingerprint density at radius 1 is 1.33 bits per heavy atom. The fourth-order valence-corrected chi connectivity index (χ4v) is 5.87. The summed E-state index contributed by atoms with van der Waals surface area (Å²) in [6.45, 7) is 0. The van der Waals surface area contributed by atoms with E-state index >= 15 is 0 Å². The predicted octanol–water partition coefficient (Wildman–Crippen LogP) is 0.0588. The molecule has 1 N–H and O–H groups in total. The van der Waals surface area contributed by atoms with Crippen molar-refractivity contribution in [2.45, 2.75) is 11.7 Å². The molecule has 1 fully saturated rings. The van der Waals surface area contributed by atoms with Gasteiger partial charge in [0.05, 0.1) is 16.8 Å². The average Bonchev–Trinajstić information content (AvgIpc) is 2.63. The Kier molecular flexibility index (Phi) is 3.47. The first-order valence-electron chi connectivity index (χ1n) is 4.99. The number of rotatable bonds is 3. The van der Waals surface area contributed by atoms with Crippen molar-refractivity contribution in [3.8, 4) is 0 Å². The van der Waals surface area contributed by atoms with Crippen LogP contribution in [0, 0.1) is 0 Å².